The number of hydrogen-bond acceptors (Lipinski definition) is 5. The van der Waals surface area contributed by atoms with Gasteiger partial charge in [0.05, 0.1) is 14.8 Å². The van der Waals surface area contributed by atoms with Crippen LogP contribution in [0.15, 0.2) is 30.5 Å². The minimum atomic E-state index is -0.0641. The lowest BCUT2D eigenvalue weighted by molar-refractivity contribution is 0.0949. The van der Waals surface area contributed by atoms with Gasteiger partial charge in [-0.25, -0.2) is 4.98 Å². The highest BCUT2D eigenvalue weighted by Crippen LogP contribution is 2.24. The molecule has 0 radical (unpaired) electrons. The number of hydrogen-bond donors (Lipinski definition) is 1. The number of aromatic nitrogens is 1. The number of anilines is 1. The number of pyridine rings is 1. The predicted octanol–water partition coefficient (Wildman–Crippen LogP) is 3.31. The number of rotatable bonds is 4. The minimum Gasteiger partial charge on any atom is -0.356 e. The SMILES string of the molecule is N#Cc1cccnc1N1CCC(CNC(=O)c2ccc(Cl)s2)CC1. The molecule has 124 valence electrons. The van der Waals surface area contributed by atoms with E-state index in [9.17, 15) is 10.1 Å². The lowest BCUT2D eigenvalue weighted by atomic mass is 9.96. The Morgan fingerprint density at radius 2 is 2.21 bits per heavy atom. The Bertz CT molecular complexity index is 762. The van der Waals surface area contributed by atoms with Gasteiger partial charge in [-0.15, -0.1) is 11.3 Å². The molecular weight excluding hydrogens is 344 g/mol. The molecule has 0 bridgehead atoms. The van der Waals surface area contributed by atoms with E-state index in [0.29, 0.717) is 27.2 Å². The molecule has 7 heteroatoms. The third-order valence-corrected chi connectivity index (χ3v) is 5.40. The van der Waals surface area contributed by atoms with Crippen molar-refractivity contribution in [1.82, 2.24) is 10.3 Å². The van der Waals surface area contributed by atoms with Gasteiger partial charge in [0.1, 0.15) is 11.9 Å². The summed E-state index contributed by atoms with van der Waals surface area (Å²) >= 11 is 7.15. The zero-order chi connectivity index (χ0) is 16.9. The van der Waals surface area contributed by atoms with Crippen LogP contribution >= 0.6 is 22.9 Å². The zero-order valence-corrected chi connectivity index (χ0v) is 14.6. The first-order valence-corrected chi connectivity index (χ1v) is 9.00. The van der Waals surface area contributed by atoms with Crippen LogP contribution in [0, 0.1) is 17.2 Å². The van der Waals surface area contributed by atoms with Crippen molar-refractivity contribution in [2.75, 3.05) is 24.5 Å². The number of carbonyl (C=O) groups is 1. The van der Waals surface area contributed by atoms with Crippen molar-refractivity contribution >= 4 is 34.7 Å². The van der Waals surface area contributed by atoms with Gasteiger partial charge < -0.3 is 10.2 Å². The average molecular weight is 361 g/mol. The van der Waals surface area contributed by atoms with Crippen molar-refractivity contribution in [3.63, 3.8) is 0 Å². The Morgan fingerprint density at radius 1 is 1.42 bits per heavy atom. The molecule has 5 nitrogen and oxygen atoms in total. The van der Waals surface area contributed by atoms with E-state index in [1.165, 1.54) is 11.3 Å². The quantitative estimate of drug-likeness (QED) is 0.908. The fourth-order valence-electron chi connectivity index (χ4n) is 2.85. The number of nitrogens with zero attached hydrogens (tertiary/aromatic N) is 3. The second-order valence-corrected chi connectivity index (χ2v) is 7.45. The maximum absolute atomic E-state index is 12.1. The minimum absolute atomic E-state index is 0.0641. The molecule has 1 aliphatic heterocycles. The van der Waals surface area contributed by atoms with Gasteiger partial charge in [0.2, 0.25) is 0 Å². The highest BCUT2D eigenvalue weighted by atomic mass is 35.5. The average Bonchev–Trinajstić information content (AvgIpc) is 3.06. The van der Waals surface area contributed by atoms with Crippen LogP contribution in [0.1, 0.15) is 28.1 Å². The van der Waals surface area contributed by atoms with Crippen LogP contribution in [0.4, 0.5) is 5.82 Å². The van der Waals surface area contributed by atoms with E-state index < -0.39 is 0 Å². The smallest absolute Gasteiger partial charge is 0.261 e. The first-order valence-electron chi connectivity index (χ1n) is 7.81. The molecule has 0 atom stereocenters. The molecule has 24 heavy (non-hydrogen) atoms. The maximum atomic E-state index is 12.1. The number of piperidine rings is 1. The molecule has 1 amide bonds. The van der Waals surface area contributed by atoms with Gasteiger partial charge in [0, 0.05) is 25.8 Å². The molecule has 1 saturated heterocycles. The van der Waals surface area contributed by atoms with Gasteiger partial charge in [0.15, 0.2) is 0 Å². The van der Waals surface area contributed by atoms with Crippen molar-refractivity contribution < 1.29 is 4.79 Å². The summed E-state index contributed by atoms with van der Waals surface area (Å²) in [5.74, 6) is 1.14. The molecule has 1 aliphatic rings. The van der Waals surface area contributed by atoms with Crippen molar-refractivity contribution in [2.45, 2.75) is 12.8 Å². The summed E-state index contributed by atoms with van der Waals surface area (Å²) in [6, 6.07) is 9.25. The summed E-state index contributed by atoms with van der Waals surface area (Å²) in [4.78, 5) is 19.2. The standard InChI is InChI=1S/C17H17ClN4OS/c18-15-4-3-14(24-15)17(23)21-11-12-5-8-22(9-6-12)16-13(10-19)2-1-7-20-16/h1-4,7,12H,5-6,8-9,11H2,(H,21,23). The van der Waals surface area contributed by atoms with Crippen LogP contribution in [0.25, 0.3) is 0 Å². The van der Waals surface area contributed by atoms with Crippen LogP contribution in [-0.4, -0.2) is 30.5 Å². The Kier molecular flexibility index (Phi) is 5.34. The fraction of sp³-hybridized carbons (Fsp3) is 0.353. The number of nitriles is 1. The lowest BCUT2D eigenvalue weighted by Crippen LogP contribution is -2.39. The molecule has 0 spiro atoms. The van der Waals surface area contributed by atoms with Gasteiger partial charge in [-0.05, 0) is 43.0 Å². The number of carbonyl (C=O) groups excluding carboxylic acids is 1. The van der Waals surface area contributed by atoms with Crippen LogP contribution in [0.2, 0.25) is 4.34 Å². The first-order chi connectivity index (χ1) is 11.7. The van der Waals surface area contributed by atoms with E-state index in [2.05, 4.69) is 21.3 Å². The van der Waals surface area contributed by atoms with Gasteiger partial charge in [0.25, 0.3) is 5.91 Å². The van der Waals surface area contributed by atoms with E-state index in [1.807, 2.05) is 0 Å². The largest absolute Gasteiger partial charge is 0.356 e. The number of amides is 1. The third kappa shape index (κ3) is 3.86. The normalized spacial score (nSPS) is 15.1. The van der Waals surface area contributed by atoms with Crippen molar-refractivity contribution in [1.29, 1.82) is 5.26 Å². The monoisotopic (exact) mass is 360 g/mol. The molecule has 1 fully saturated rings. The molecule has 2 aromatic heterocycles. The van der Waals surface area contributed by atoms with E-state index >= 15 is 0 Å². The summed E-state index contributed by atoms with van der Waals surface area (Å²) in [5, 5.41) is 12.2. The van der Waals surface area contributed by atoms with Crippen LogP contribution in [0.5, 0.6) is 0 Å². The Hall–Kier alpha value is -2.10. The highest BCUT2D eigenvalue weighted by molar-refractivity contribution is 7.17. The molecule has 3 heterocycles. The Morgan fingerprint density at radius 3 is 2.88 bits per heavy atom. The van der Waals surface area contributed by atoms with E-state index in [1.54, 1.807) is 30.5 Å². The number of nitrogens with one attached hydrogen (secondary N) is 1. The van der Waals surface area contributed by atoms with Gasteiger partial charge in [-0.1, -0.05) is 11.6 Å². The second kappa shape index (κ2) is 7.65. The zero-order valence-electron chi connectivity index (χ0n) is 13.0. The van der Waals surface area contributed by atoms with Crippen LogP contribution in [0.3, 0.4) is 0 Å². The number of halogens is 1. The van der Waals surface area contributed by atoms with E-state index in [-0.39, 0.29) is 5.91 Å². The van der Waals surface area contributed by atoms with Crippen molar-refractivity contribution in [2.24, 2.45) is 5.92 Å². The molecular formula is C17H17ClN4OS. The Labute approximate surface area is 149 Å². The summed E-state index contributed by atoms with van der Waals surface area (Å²) in [5.41, 5.74) is 0.610. The van der Waals surface area contributed by atoms with Gasteiger partial charge in [-0.3, -0.25) is 4.79 Å². The summed E-state index contributed by atoms with van der Waals surface area (Å²) < 4.78 is 0.622. The van der Waals surface area contributed by atoms with Crippen LogP contribution < -0.4 is 10.2 Å². The lowest BCUT2D eigenvalue weighted by Gasteiger charge is -2.33. The summed E-state index contributed by atoms with van der Waals surface area (Å²) in [6.45, 7) is 2.35. The highest BCUT2D eigenvalue weighted by Gasteiger charge is 2.22. The first kappa shape index (κ1) is 16.7. The topological polar surface area (TPSA) is 69.0 Å². The van der Waals surface area contributed by atoms with Gasteiger partial charge >= 0.3 is 0 Å². The fourth-order valence-corrected chi connectivity index (χ4v) is 3.81. The number of thiophene rings is 1. The molecule has 0 aromatic carbocycles. The summed E-state index contributed by atoms with van der Waals surface area (Å²) in [6.07, 6.45) is 3.65. The van der Waals surface area contributed by atoms with Crippen LogP contribution in [-0.2, 0) is 0 Å². The molecule has 0 unspecified atom stereocenters. The third-order valence-electron chi connectivity index (χ3n) is 4.17. The van der Waals surface area contributed by atoms with Gasteiger partial charge in [-0.2, -0.15) is 5.26 Å². The molecule has 3 rings (SSSR count). The molecule has 2 aromatic rings. The van der Waals surface area contributed by atoms with E-state index in [0.717, 1.165) is 31.7 Å². The predicted molar refractivity (Wildman–Crippen MR) is 95.6 cm³/mol. The molecule has 0 saturated carbocycles. The summed E-state index contributed by atoms with van der Waals surface area (Å²) in [7, 11) is 0. The molecule has 0 aliphatic carbocycles. The Balaban J connectivity index is 1.50. The second-order valence-electron chi connectivity index (χ2n) is 5.73. The van der Waals surface area contributed by atoms with Crippen molar-refractivity contribution in [3.8, 4) is 6.07 Å². The molecule has 1 N–H and O–H groups in total. The van der Waals surface area contributed by atoms with Crippen molar-refractivity contribution in [3.05, 3.63) is 45.2 Å². The van der Waals surface area contributed by atoms with E-state index in [4.69, 9.17) is 11.6 Å². The maximum Gasteiger partial charge on any atom is 0.261 e.